The van der Waals surface area contributed by atoms with Crippen LogP contribution in [0.2, 0.25) is 0 Å². The van der Waals surface area contributed by atoms with Crippen molar-refractivity contribution in [2.75, 3.05) is 6.54 Å². The van der Waals surface area contributed by atoms with E-state index in [-0.39, 0.29) is 25.8 Å². The van der Waals surface area contributed by atoms with Crippen LogP contribution < -0.4 is 11.1 Å². The highest BCUT2D eigenvalue weighted by molar-refractivity contribution is 5.84. The third-order valence-corrected chi connectivity index (χ3v) is 4.04. The SMILES string of the molecule is NC(CCC(=O)NCC(Cc1c[nH]c2ccccc12)C(=O)O)C(=O)O. The summed E-state index contributed by atoms with van der Waals surface area (Å²) < 4.78 is 0. The van der Waals surface area contributed by atoms with Gasteiger partial charge in [-0.3, -0.25) is 14.4 Å². The van der Waals surface area contributed by atoms with E-state index < -0.39 is 29.8 Å². The van der Waals surface area contributed by atoms with Crippen LogP contribution in [0, 0.1) is 5.92 Å². The van der Waals surface area contributed by atoms with E-state index in [2.05, 4.69) is 10.3 Å². The standard InChI is InChI=1S/C17H21N3O5/c18-13(17(24)25)5-6-15(21)20-9-11(16(22)23)7-10-8-19-14-4-2-1-3-12(10)14/h1-4,8,11,13,19H,5-7,9,18H2,(H,20,21)(H,22,23)(H,24,25). The van der Waals surface area contributed by atoms with Gasteiger partial charge in [0.15, 0.2) is 0 Å². The Hall–Kier alpha value is -2.87. The maximum Gasteiger partial charge on any atom is 0.320 e. The maximum atomic E-state index is 11.8. The summed E-state index contributed by atoms with van der Waals surface area (Å²) in [6, 6.07) is 6.48. The van der Waals surface area contributed by atoms with Gasteiger partial charge in [-0.15, -0.1) is 0 Å². The van der Waals surface area contributed by atoms with Gasteiger partial charge in [0.1, 0.15) is 6.04 Å². The number of para-hydroxylation sites is 1. The van der Waals surface area contributed by atoms with Crippen LogP contribution in [0.15, 0.2) is 30.5 Å². The predicted molar refractivity (Wildman–Crippen MR) is 91.0 cm³/mol. The average Bonchev–Trinajstić information content (AvgIpc) is 2.99. The van der Waals surface area contributed by atoms with Crippen molar-refractivity contribution in [1.82, 2.24) is 10.3 Å². The second-order valence-electron chi connectivity index (χ2n) is 5.89. The maximum absolute atomic E-state index is 11.8. The number of H-pyrrole nitrogens is 1. The number of nitrogens with two attached hydrogens (primary N) is 1. The number of hydrogen-bond donors (Lipinski definition) is 5. The topological polar surface area (TPSA) is 146 Å². The molecule has 2 atom stereocenters. The van der Waals surface area contributed by atoms with Gasteiger partial charge in [-0.2, -0.15) is 0 Å². The molecule has 0 aliphatic carbocycles. The van der Waals surface area contributed by atoms with Gasteiger partial charge in [-0.1, -0.05) is 18.2 Å². The Kier molecular flexibility index (Phi) is 6.13. The molecule has 0 aliphatic rings. The number of carbonyl (C=O) groups is 3. The molecule has 2 rings (SSSR count). The van der Waals surface area contributed by atoms with Crippen molar-refractivity contribution < 1.29 is 24.6 Å². The van der Waals surface area contributed by atoms with Gasteiger partial charge in [-0.05, 0) is 24.5 Å². The van der Waals surface area contributed by atoms with E-state index in [1.807, 2.05) is 24.3 Å². The normalized spacial score (nSPS) is 13.3. The van der Waals surface area contributed by atoms with E-state index in [9.17, 15) is 19.5 Å². The number of aliphatic carboxylic acids is 2. The molecule has 0 spiro atoms. The minimum absolute atomic E-state index is 0.00134. The Morgan fingerprint density at radius 2 is 1.88 bits per heavy atom. The van der Waals surface area contributed by atoms with Crippen LogP contribution in [-0.4, -0.2) is 45.6 Å². The molecule has 0 saturated carbocycles. The molecule has 0 fully saturated rings. The molecule has 0 radical (unpaired) electrons. The molecule has 0 saturated heterocycles. The summed E-state index contributed by atoms with van der Waals surface area (Å²) in [4.78, 5) is 36.9. The summed E-state index contributed by atoms with van der Waals surface area (Å²) in [5, 5.41) is 21.6. The van der Waals surface area contributed by atoms with Crippen molar-refractivity contribution in [1.29, 1.82) is 0 Å². The quantitative estimate of drug-likeness (QED) is 0.452. The third kappa shape index (κ3) is 5.05. The fourth-order valence-electron chi connectivity index (χ4n) is 2.55. The lowest BCUT2D eigenvalue weighted by Gasteiger charge is -2.13. The molecule has 2 unspecified atom stereocenters. The Morgan fingerprint density at radius 3 is 2.56 bits per heavy atom. The molecule has 1 aromatic carbocycles. The average molecular weight is 347 g/mol. The molecule has 2 aromatic rings. The van der Waals surface area contributed by atoms with E-state index in [0.717, 1.165) is 16.5 Å². The largest absolute Gasteiger partial charge is 0.481 e. The molecule has 134 valence electrons. The number of fused-ring (bicyclic) bond motifs is 1. The van der Waals surface area contributed by atoms with Gasteiger partial charge >= 0.3 is 11.9 Å². The number of nitrogens with one attached hydrogen (secondary N) is 2. The molecule has 0 bridgehead atoms. The third-order valence-electron chi connectivity index (χ3n) is 4.04. The van der Waals surface area contributed by atoms with E-state index in [1.165, 1.54) is 0 Å². The highest BCUT2D eigenvalue weighted by Crippen LogP contribution is 2.20. The van der Waals surface area contributed by atoms with Gasteiger partial charge in [0, 0.05) is 30.1 Å². The Bertz CT molecular complexity index is 770. The van der Waals surface area contributed by atoms with Crippen LogP contribution in [0.4, 0.5) is 0 Å². The lowest BCUT2D eigenvalue weighted by Crippen LogP contribution is -2.36. The molecule has 25 heavy (non-hydrogen) atoms. The zero-order chi connectivity index (χ0) is 18.4. The van der Waals surface area contributed by atoms with E-state index in [1.54, 1.807) is 6.20 Å². The summed E-state index contributed by atoms with van der Waals surface area (Å²) >= 11 is 0. The van der Waals surface area contributed by atoms with Crippen molar-refractivity contribution in [2.45, 2.75) is 25.3 Å². The number of carboxylic acid groups (broad SMARTS) is 2. The first-order valence-electron chi connectivity index (χ1n) is 7.91. The second-order valence-corrected chi connectivity index (χ2v) is 5.89. The molecular formula is C17H21N3O5. The number of rotatable bonds is 9. The molecule has 1 amide bonds. The molecule has 1 heterocycles. The molecule has 6 N–H and O–H groups in total. The van der Waals surface area contributed by atoms with E-state index >= 15 is 0 Å². The molecule has 8 nitrogen and oxygen atoms in total. The van der Waals surface area contributed by atoms with Crippen molar-refractivity contribution in [3.05, 3.63) is 36.0 Å². The highest BCUT2D eigenvalue weighted by atomic mass is 16.4. The Balaban J connectivity index is 1.92. The lowest BCUT2D eigenvalue weighted by molar-refractivity contribution is -0.141. The number of benzene rings is 1. The number of aromatic amines is 1. The van der Waals surface area contributed by atoms with Crippen LogP contribution in [0.5, 0.6) is 0 Å². The molecular weight excluding hydrogens is 326 g/mol. The van der Waals surface area contributed by atoms with Crippen LogP contribution in [0.25, 0.3) is 10.9 Å². The first-order valence-corrected chi connectivity index (χ1v) is 7.91. The van der Waals surface area contributed by atoms with Crippen LogP contribution in [0.3, 0.4) is 0 Å². The van der Waals surface area contributed by atoms with Crippen molar-refractivity contribution in [3.63, 3.8) is 0 Å². The fraction of sp³-hybridized carbons (Fsp3) is 0.353. The zero-order valence-electron chi connectivity index (χ0n) is 13.6. The van der Waals surface area contributed by atoms with E-state index in [4.69, 9.17) is 10.8 Å². The van der Waals surface area contributed by atoms with Crippen LogP contribution >= 0.6 is 0 Å². The number of hydrogen-bond acceptors (Lipinski definition) is 4. The zero-order valence-corrected chi connectivity index (χ0v) is 13.6. The summed E-state index contributed by atoms with van der Waals surface area (Å²) in [6.07, 6.45) is 1.98. The monoisotopic (exact) mass is 347 g/mol. The first-order chi connectivity index (χ1) is 11.9. The summed E-state index contributed by atoms with van der Waals surface area (Å²) in [7, 11) is 0. The number of carboxylic acids is 2. The van der Waals surface area contributed by atoms with Gasteiger partial charge in [0.25, 0.3) is 0 Å². The van der Waals surface area contributed by atoms with Crippen molar-refractivity contribution in [3.8, 4) is 0 Å². The minimum atomic E-state index is -1.17. The summed E-state index contributed by atoms with van der Waals surface area (Å²) in [5.74, 6) is -3.37. The Morgan fingerprint density at radius 1 is 1.16 bits per heavy atom. The number of carbonyl (C=O) groups excluding carboxylic acids is 1. The van der Waals surface area contributed by atoms with Crippen molar-refractivity contribution in [2.24, 2.45) is 11.7 Å². The second kappa shape index (κ2) is 8.29. The summed E-state index contributed by atoms with van der Waals surface area (Å²) in [5.41, 5.74) is 7.13. The molecule has 8 heteroatoms. The van der Waals surface area contributed by atoms with Gasteiger partial charge in [0.2, 0.25) is 5.91 Å². The van der Waals surface area contributed by atoms with Crippen LogP contribution in [0.1, 0.15) is 18.4 Å². The lowest BCUT2D eigenvalue weighted by atomic mass is 9.99. The van der Waals surface area contributed by atoms with Gasteiger partial charge < -0.3 is 26.2 Å². The molecule has 0 aliphatic heterocycles. The molecule has 1 aromatic heterocycles. The highest BCUT2D eigenvalue weighted by Gasteiger charge is 2.21. The van der Waals surface area contributed by atoms with Crippen molar-refractivity contribution >= 4 is 28.7 Å². The summed E-state index contributed by atoms with van der Waals surface area (Å²) in [6.45, 7) is -0.0318. The number of aromatic nitrogens is 1. The first kappa shape index (κ1) is 18.5. The fourth-order valence-corrected chi connectivity index (χ4v) is 2.55. The van der Waals surface area contributed by atoms with Gasteiger partial charge in [-0.25, -0.2) is 0 Å². The van der Waals surface area contributed by atoms with E-state index in [0.29, 0.717) is 0 Å². The van der Waals surface area contributed by atoms with Gasteiger partial charge in [0.05, 0.1) is 5.92 Å². The minimum Gasteiger partial charge on any atom is -0.481 e. The predicted octanol–water partition coefficient (Wildman–Crippen LogP) is 0.719. The smallest absolute Gasteiger partial charge is 0.320 e. The van der Waals surface area contributed by atoms with Crippen LogP contribution in [-0.2, 0) is 20.8 Å². The number of amides is 1. The Labute approximate surface area is 144 Å².